The zero-order chi connectivity index (χ0) is 12.1. The van der Waals surface area contributed by atoms with E-state index in [1.807, 2.05) is 18.9 Å². The van der Waals surface area contributed by atoms with E-state index >= 15 is 0 Å². The summed E-state index contributed by atoms with van der Waals surface area (Å²) in [5.74, 6) is 1.86. The lowest BCUT2D eigenvalue weighted by Gasteiger charge is -2.26. The van der Waals surface area contributed by atoms with Crippen molar-refractivity contribution in [1.29, 1.82) is 0 Å². The molecule has 1 aromatic rings. The Labute approximate surface area is 95.3 Å². The van der Waals surface area contributed by atoms with Gasteiger partial charge in [-0.05, 0) is 6.92 Å². The molecule has 1 unspecified atom stereocenters. The Morgan fingerprint density at radius 2 is 2.25 bits per heavy atom. The number of hydrogen-bond donors (Lipinski definition) is 2. The molecule has 0 radical (unpaired) electrons. The first kappa shape index (κ1) is 12.5. The molecule has 16 heavy (non-hydrogen) atoms. The van der Waals surface area contributed by atoms with Crippen molar-refractivity contribution in [3.8, 4) is 5.75 Å². The largest absolute Gasteiger partial charge is 0.490 e. The van der Waals surface area contributed by atoms with Crippen LogP contribution < -0.4 is 15.0 Å². The summed E-state index contributed by atoms with van der Waals surface area (Å²) >= 11 is 0. The highest BCUT2D eigenvalue weighted by Gasteiger charge is 2.18. The van der Waals surface area contributed by atoms with Gasteiger partial charge in [-0.25, -0.2) is 9.97 Å². The number of likely N-dealkylation sites (N-methyl/N-ethyl adjacent to an activating group) is 1. The van der Waals surface area contributed by atoms with Crippen molar-refractivity contribution in [2.24, 2.45) is 0 Å². The lowest BCUT2D eigenvalue weighted by Crippen LogP contribution is -2.33. The molecule has 0 fully saturated rings. The Morgan fingerprint density at radius 1 is 1.56 bits per heavy atom. The molecule has 6 heteroatoms. The second kappa shape index (κ2) is 5.50. The molecule has 0 bridgehead atoms. The summed E-state index contributed by atoms with van der Waals surface area (Å²) in [6.07, 6.45) is 1.46. The number of nitrogens with one attached hydrogen (secondary N) is 1. The fourth-order valence-electron chi connectivity index (χ4n) is 1.31. The monoisotopic (exact) mass is 226 g/mol. The maximum Gasteiger partial charge on any atom is 0.204 e. The molecule has 0 amide bonds. The van der Waals surface area contributed by atoms with E-state index in [1.165, 1.54) is 6.33 Å². The molecular formula is C10H18N4O2. The molecule has 1 rings (SSSR count). The van der Waals surface area contributed by atoms with Gasteiger partial charge in [-0.2, -0.15) is 0 Å². The number of aliphatic hydroxyl groups excluding tert-OH is 1. The zero-order valence-corrected chi connectivity index (χ0v) is 10.1. The van der Waals surface area contributed by atoms with Crippen molar-refractivity contribution in [1.82, 2.24) is 9.97 Å². The van der Waals surface area contributed by atoms with Crippen LogP contribution in [0, 0.1) is 0 Å². The summed E-state index contributed by atoms with van der Waals surface area (Å²) < 4.78 is 5.27. The predicted octanol–water partition coefficient (Wildman–Crippen LogP) is 0.344. The number of anilines is 2. The summed E-state index contributed by atoms with van der Waals surface area (Å²) in [5.41, 5.74) is 0. The Kier molecular flexibility index (Phi) is 4.30. The standard InChI is InChI=1S/C10H18N4O2/c1-7(5-15)14(3)10-8(16-4)9(11-2)12-6-13-10/h6-7,15H,5H2,1-4H3,(H,11,12,13). The van der Waals surface area contributed by atoms with Gasteiger partial charge >= 0.3 is 0 Å². The smallest absolute Gasteiger partial charge is 0.204 e. The minimum atomic E-state index is -0.0338. The molecule has 1 heterocycles. The summed E-state index contributed by atoms with van der Waals surface area (Å²) in [5, 5.41) is 12.0. The summed E-state index contributed by atoms with van der Waals surface area (Å²) in [4.78, 5) is 10.1. The Hall–Kier alpha value is -1.56. The Morgan fingerprint density at radius 3 is 2.75 bits per heavy atom. The molecule has 0 aliphatic heterocycles. The maximum absolute atomic E-state index is 9.12. The molecule has 0 aromatic carbocycles. The van der Waals surface area contributed by atoms with Gasteiger partial charge in [0.25, 0.3) is 0 Å². The van der Waals surface area contributed by atoms with E-state index in [1.54, 1.807) is 14.2 Å². The lowest BCUT2D eigenvalue weighted by molar-refractivity contribution is 0.269. The van der Waals surface area contributed by atoms with Crippen molar-refractivity contribution in [2.75, 3.05) is 38.0 Å². The van der Waals surface area contributed by atoms with Gasteiger partial charge in [0.15, 0.2) is 11.6 Å². The minimum Gasteiger partial charge on any atom is -0.490 e. The minimum absolute atomic E-state index is 0.0338. The molecule has 6 nitrogen and oxygen atoms in total. The molecule has 1 aromatic heterocycles. The Balaban J connectivity index is 3.12. The second-order valence-corrected chi connectivity index (χ2v) is 3.47. The van der Waals surface area contributed by atoms with Crippen molar-refractivity contribution in [3.05, 3.63) is 6.33 Å². The van der Waals surface area contributed by atoms with Gasteiger partial charge in [-0.15, -0.1) is 0 Å². The maximum atomic E-state index is 9.12. The van der Waals surface area contributed by atoms with Crippen LogP contribution in [0.4, 0.5) is 11.6 Å². The fraction of sp³-hybridized carbons (Fsp3) is 0.600. The highest BCUT2D eigenvalue weighted by Crippen LogP contribution is 2.31. The summed E-state index contributed by atoms with van der Waals surface area (Å²) in [6.45, 7) is 1.96. The number of hydrogen-bond acceptors (Lipinski definition) is 6. The van der Waals surface area contributed by atoms with Gasteiger partial charge in [0, 0.05) is 14.1 Å². The number of ether oxygens (including phenoxy) is 1. The molecule has 0 saturated heterocycles. The van der Waals surface area contributed by atoms with Crippen LogP contribution in [0.5, 0.6) is 5.75 Å². The van der Waals surface area contributed by atoms with Crippen molar-refractivity contribution >= 4 is 11.6 Å². The summed E-state index contributed by atoms with van der Waals surface area (Å²) in [7, 11) is 5.19. The summed E-state index contributed by atoms with van der Waals surface area (Å²) in [6, 6.07) is -0.0338. The molecular weight excluding hydrogens is 208 g/mol. The molecule has 1 atom stereocenters. The number of aromatic nitrogens is 2. The van der Waals surface area contributed by atoms with E-state index in [4.69, 9.17) is 9.84 Å². The first-order valence-corrected chi connectivity index (χ1v) is 5.06. The van der Waals surface area contributed by atoms with E-state index in [9.17, 15) is 0 Å². The second-order valence-electron chi connectivity index (χ2n) is 3.47. The lowest BCUT2D eigenvalue weighted by atomic mass is 10.3. The van der Waals surface area contributed by atoms with E-state index < -0.39 is 0 Å². The fourth-order valence-corrected chi connectivity index (χ4v) is 1.31. The molecule has 0 saturated carbocycles. The van der Waals surface area contributed by atoms with Crippen LogP contribution in [0.3, 0.4) is 0 Å². The van der Waals surface area contributed by atoms with Crippen molar-refractivity contribution < 1.29 is 9.84 Å². The third kappa shape index (κ3) is 2.33. The van der Waals surface area contributed by atoms with E-state index in [0.717, 1.165) is 0 Å². The first-order valence-electron chi connectivity index (χ1n) is 5.06. The average Bonchev–Trinajstić information content (AvgIpc) is 2.35. The molecule has 0 aliphatic carbocycles. The topological polar surface area (TPSA) is 70.5 Å². The van der Waals surface area contributed by atoms with Crippen LogP contribution in [0.1, 0.15) is 6.92 Å². The van der Waals surface area contributed by atoms with Crippen LogP contribution in [0.15, 0.2) is 6.33 Å². The third-order valence-electron chi connectivity index (χ3n) is 2.49. The number of rotatable bonds is 5. The van der Waals surface area contributed by atoms with Crippen LogP contribution in [0.2, 0.25) is 0 Å². The predicted molar refractivity (Wildman–Crippen MR) is 63.1 cm³/mol. The van der Waals surface area contributed by atoms with Crippen LogP contribution in [0.25, 0.3) is 0 Å². The quantitative estimate of drug-likeness (QED) is 0.754. The third-order valence-corrected chi connectivity index (χ3v) is 2.49. The highest BCUT2D eigenvalue weighted by atomic mass is 16.5. The van der Waals surface area contributed by atoms with Gasteiger partial charge in [-0.3, -0.25) is 0 Å². The highest BCUT2D eigenvalue weighted by molar-refractivity contribution is 5.64. The van der Waals surface area contributed by atoms with Crippen LogP contribution in [-0.4, -0.2) is 48.9 Å². The van der Waals surface area contributed by atoms with Crippen LogP contribution in [-0.2, 0) is 0 Å². The van der Waals surface area contributed by atoms with Gasteiger partial charge in [-0.1, -0.05) is 0 Å². The van der Waals surface area contributed by atoms with Gasteiger partial charge in [0.2, 0.25) is 5.75 Å². The van der Waals surface area contributed by atoms with E-state index in [-0.39, 0.29) is 12.6 Å². The van der Waals surface area contributed by atoms with Crippen LogP contribution >= 0.6 is 0 Å². The van der Waals surface area contributed by atoms with Gasteiger partial charge < -0.3 is 20.1 Å². The zero-order valence-electron chi connectivity index (χ0n) is 10.1. The Bertz CT molecular complexity index is 346. The molecule has 2 N–H and O–H groups in total. The average molecular weight is 226 g/mol. The van der Waals surface area contributed by atoms with E-state index in [2.05, 4.69) is 15.3 Å². The van der Waals surface area contributed by atoms with Gasteiger partial charge in [0.1, 0.15) is 6.33 Å². The molecule has 0 spiro atoms. The molecule has 0 aliphatic rings. The van der Waals surface area contributed by atoms with Crippen molar-refractivity contribution in [3.63, 3.8) is 0 Å². The number of aliphatic hydroxyl groups is 1. The SMILES string of the molecule is CNc1ncnc(N(C)C(C)CO)c1OC. The van der Waals surface area contributed by atoms with Gasteiger partial charge in [0.05, 0.1) is 19.8 Å². The van der Waals surface area contributed by atoms with Crippen molar-refractivity contribution in [2.45, 2.75) is 13.0 Å². The number of methoxy groups -OCH3 is 1. The van der Waals surface area contributed by atoms with E-state index in [0.29, 0.717) is 17.4 Å². The normalized spacial score (nSPS) is 12.1. The molecule has 90 valence electrons. The number of nitrogens with zero attached hydrogens (tertiary/aromatic N) is 3. The first-order chi connectivity index (χ1) is 7.65.